The van der Waals surface area contributed by atoms with E-state index in [0.717, 1.165) is 16.9 Å². The number of nitrogens with zero attached hydrogens (tertiary/aromatic N) is 3. The lowest BCUT2D eigenvalue weighted by Gasteiger charge is -2.02. The number of ether oxygens (including phenoxy) is 1. The smallest absolute Gasteiger partial charge is 0.291 e. The minimum Gasteiger partial charge on any atom is -0.490 e. The second-order valence-electron chi connectivity index (χ2n) is 5.58. The molecule has 0 saturated carbocycles. The molecule has 0 N–H and O–H groups in total. The zero-order chi connectivity index (χ0) is 17.9. The highest BCUT2D eigenvalue weighted by molar-refractivity contribution is 7.15. The van der Waals surface area contributed by atoms with Crippen molar-refractivity contribution in [3.63, 3.8) is 0 Å². The SMILES string of the molecule is C=CCOc1ccc(/C=c2/sc3nc(-c4ccccc4)nn3c2=O)cc1. The van der Waals surface area contributed by atoms with E-state index in [1.807, 2.05) is 60.7 Å². The van der Waals surface area contributed by atoms with E-state index < -0.39 is 0 Å². The Bertz CT molecular complexity index is 1160. The van der Waals surface area contributed by atoms with Crippen LogP contribution in [0.1, 0.15) is 5.56 Å². The summed E-state index contributed by atoms with van der Waals surface area (Å²) in [4.78, 5) is 17.7. The van der Waals surface area contributed by atoms with Crippen molar-refractivity contribution in [1.82, 2.24) is 14.6 Å². The Labute approximate surface area is 153 Å². The molecule has 26 heavy (non-hydrogen) atoms. The number of thiazole rings is 1. The van der Waals surface area contributed by atoms with Crippen LogP contribution in [-0.4, -0.2) is 21.2 Å². The van der Waals surface area contributed by atoms with Crippen LogP contribution < -0.4 is 14.8 Å². The molecule has 128 valence electrons. The zero-order valence-electron chi connectivity index (χ0n) is 13.8. The largest absolute Gasteiger partial charge is 0.490 e. The summed E-state index contributed by atoms with van der Waals surface area (Å²) in [6.45, 7) is 4.08. The molecule has 0 saturated heterocycles. The van der Waals surface area contributed by atoms with Gasteiger partial charge in [-0.25, -0.2) is 0 Å². The second kappa shape index (κ2) is 6.93. The van der Waals surface area contributed by atoms with E-state index in [2.05, 4.69) is 16.7 Å². The van der Waals surface area contributed by atoms with Crippen LogP contribution in [0.5, 0.6) is 5.75 Å². The molecule has 0 aliphatic carbocycles. The number of rotatable bonds is 5. The van der Waals surface area contributed by atoms with Crippen molar-refractivity contribution in [3.8, 4) is 17.1 Å². The first-order chi connectivity index (χ1) is 12.7. The summed E-state index contributed by atoms with van der Waals surface area (Å²) in [6.07, 6.45) is 3.53. The summed E-state index contributed by atoms with van der Waals surface area (Å²) in [5.74, 6) is 1.32. The Morgan fingerprint density at radius 3 is 2.58 bits per heavy atom. The van der Waals surface area contributed by atoms with Crippen LogP contribution in [-0.2, 0) is 0 Å². The van der Waals surface area contributed by atoms with E-state index in [1.54, 1.807) is 6.08 Å². The molecule has 2 heterocycles. The lowest BCUT2D eigenvalue weighted by Crippen LogP contribution is -2.23. The number of hydrogen-bond donors (Lipinski definition) is 0. The van der Waals surface area contributed by atoms with Crippen molar-refractivity contribution >= 4 is 22.4 Å². The van der Waals surface area contributed by atoms with Gasteiger partial charge in [0.25, 0.3) is 5.56 Å². The minimum absolute atomic E-state index is 0.160. The normalized spacial score (nSPS) is 11.8. The van der Waals surface area contributed by atoms with Gasteiger partial charge in [-0.3, -0.25) is 4.79 Å². The molecule has 6 heteroatoms. The first-order valence-corrected chi connectivity index (χ1v) is 8.87. The Balaban J connectivity index is 1.68. The molecule has 2 aromatic heterocycles. The summed E-state index contributed by atoms with van der Waals surface area (Å²) in [7, 11) is 0. The maximum atomic E-state index is 12.6. The third-order valence-electron chi connectivity index (χ3n) is 3.76. The molecule has 5 nitrogen and oxygen atoms in total. The molecule has 0 bridgehead atoms. The fraction of sp³-hybridized carbons (Fsp3) is 0.0500. The van der Waals surface area contributed by atoms with E-state index in [0.29, 0.717) is 21.9 Å². The molecule has 4 aromatic rings. The first-order valence-electron chi connectivity index (χ1n) is 8.05. The Kier molecular flexibility index (Phi) is 4.33. The van der Waals surface area contributed by atoms with Crippen molar-refractivity contribution in [2.75, 3.05) is 6.61 Å². The van der Waals surface area contributed by atoms with E-state index in [4.69, 9.17) is 4.74 Å². The fourth-order valence-corrected chi connectivity index (χ4v) is 3.42. The molecule has 2 aromatic carbocycles. The summed E-state index contributed by atoms with van der Waals surface area (Å²) in [5.41, 5.74) is 1.65. The number of aromatic nitrogens is 3. The quantitative estimate of drug-likeness (QED) is 0.513. The predicted octanol–water partition coefficient (Wildman–Crippen LogP) is 2.93. The minimum atomic E-state index is -0.160. The van der Waals surface area contributed by atoms with Crippen LogP contribution >= 0.6 is 11.3 Å². The third-order valence-corrected chi connectivity index (χ3v) is 4.72. The highest BCUT2D eigenvalue weighted by Gasteiger charge is 2.11. The van der Waals surface area contributed by atoms with Gasteiger partial charge < -0.3 is 4.74 Å². The highest BCUT2D eigenvalue weighted by Crippen LogP contribution is 2.16. The van der Waals surface area contributed by atoms with Crippen LogP contribution in [0, 0.1) is 0 Å². The average Bonchev–Trinajstić information content (AvgIpc) is 3.22. The highest BCUT2D eigenvalue weighted by atomic mass is 32.1. The fourth-order valence-electron chi connectivity index (χ4n) is 2.51. The Morgan fingerprint density at radius 2 is 1.88 bits per heavy atom. The lowest BCUT2D eigenvalue weighted by atomic mass is 10.2. The predicted molar refractivity (Wildman–Crippen MR) is 103 cm³/mol. The van der Waals surface area contributed by atoms with Crippen molar-refractivity contribution in [2.24, 2.45) is 0 Å². The van der Waals surface area contributed by atoms with Gasteiger partial charge in [0, 0.05) is 5.56 Å². The molecule has 0 aliphatic heterocycles. The summed E-state index contributed by atoms with van der Waals surface area (Å²) in [6, 6.07) is 17.2. The molecule has 0 amide bonds. The van der Waals surface area contributed by atoms with Gasteiger partial charge in [-0.05, 0) is 23.8 Å². The van der Waals surface area contributed by atoms with Crippen LogP contribution in [0.2, 0.25) is 0 Å². The third kappa shape index (κ3) is 3.14. The molecule has 0 spiro atoms. The van der Waals surface area contributed by atoms with E-state index >= 15 is 0 Å². The van der Waals surface area contributed by atoms with Gasteiger partial charge in [-0.1, -0.05) is 66.5 Å². The summed E-state index contributed by atoms with van der Waals surface area (Å²) in [5, 5.41) is 4.35. The molecule has 4 rings (SSSR count). The van der Waals surface area contributed by atoms with Gasteiger partial charge in [-0.2, -0.15) is 9.50 Å². The molecule has 0 aliphatic rings. The Hall–Kier alpha value is -3.25. The van der Waals surface area contributed by atoms with Crippen LogP contribution in [0.25, 0.3) is 22.4 Å². The van der Waals surface area contributed by atoms with Gasteiger partial charge in [0.2, 0.25) is 4.96 Å². The summed E-state index contributed by atoms with van der Waals surface area (Å²) >= 11 is 1.33. The van der Waals surface area contributed by atoms with Crippen LogP contribution in [0.15, 0.2) is 72.0 Å². The second-order valence-corrected chi connectivity index (χ2v) is 6.59. The van der Waals surface area contributed by atoms with E-state index in [1.165, 1.54) is 15.9 Å². The van der Waals surface area contributed by atoms with Crippen molar-refractivity contribution in [3.05, 3.63) is 87.7 Å². The van der Waals surface area contributed by atoms with E-state index in [-0.39, 0.29) is 5.56 Å². The zero-order valence-corrected chi connectivity index (χ0v) is 14.6. The first kappa shape index (κ1) is 16.2. The van der Waals surface area contributed by atoms with Gasteiger partial charge in [0.15, 0.2) is 5.82 Å². The van der Waals surface area contributed by atoms with Gasteiger partial charge in [-0.15, -0.1) is 5.10 Å². The van der Waals surface area contributed by atoms with E-state index in [9.17, 15) is 4.79 Å². The van der Waals surface area contributed by atoms with Gasteiger partial charge in [0.05, 0.1) is 4.53 Å². The maximum Gasteiger partial charge on any atom is 0.291 e. The molecular formula is C20H15N3O2S. The standard InChI is InChI=1S/C20H15N3O2S/c1-2-12-25-16-10-8-14(9-11-16)13-17-19(24)23-20(26-17)21-18(22-23)15-6-4-3-5-7-15/h2-11,13H,1,12H2/b17-13+. The monoisotopic (exact) mass is 361 g/mol. The summed E-state index contributed by atoms with van der Waals surface area (Å²) < 4.78 is 7.42. The van der Waals surface area contributed by atoms with Crippen molar-refractivity contribution in [2.45, 2.75) is 0 Å². The maximum absolute atomic E-state index is 12.6. The molecule has 0 radical (unpaired) electrons. The van der Waals surface area contributed by atoms with Gasteiger partial charge in [0.1, 0.15) is 12.4 Å². The Morgan fingerprint density at radius 1 is 1.12 bits per heavy atom. The topological polar surface area (TPSA) is 56.5 Å². The van der Waals surface area contributed by atoms with Gasteiger partial charge >= 0.3 is 0 Å². The molecule has 0 unspecified atom stereocenters. The van der Waals surface area contributed by atoms with Crippen LogP contribution in [0.4, 0.5) is 0 Å². The number of fused-ring (bicyclic) bond motifs is 1. The van der Waals surface area contributed by atoms with Crippen molar-refractivity contribution < 1.29 is 4.74 Å². The van der Waals surface area contributed by atoms with Crippen LogP contribution in [0.3, 0.4) is 0 Å². The average molecular weight is 361 g/mol. The lowest BCUT2D eigenvalue weighted by molar-refractivity contribution is 0.363. The molecule has 0 fully saturated rings. The molecular weight excluding hydrogens is 346 g/mol. The molecule has 0 atom stereocenters. The number of benzene rings is 2. The number of hydrogen-bond acceptors (Lipinski definition) is 5. The van der Waals surface area contributed by atoms with Crippen molar-refractivity contribution in [1.29, 1.82) is 0 Å².